The topological polar surface area (TPSA) is 9.86 Å². The Labute approximate surface area is 369 Å². The lowest BCUT2D eigenvalue weighted by atomic mass is 9.89. The predicted octanol–water partition coefficient (Wildman–Crippen LogP) is 17.3. The molecule has 12 aromatic carbocycles. The summed E-state index contributed by atoms with van der Waals surface area (Å²) in [6, 6.07) is 73.1. The van der Waals surface area contributed by atoms with Crippen LogP contribution in [0.25, 0.3) is 141 Å². The van der Waals surface area contributed by atoms with Gasteiger partial charge in [0.15, 0.2) is 0 Å². The number of hydrogen-bond donors (Lipinski definition) is 0. The van der Waals surface area contributed by atoms with E-state index in [1.165, 1.54) is 141 Å². The zero-order chi connectivity index (χ0) is 42.2. The molecule has 0 N–H and O–H groups in total. The summed E-state index contributed by atoms with van der Waals surface area (Å²) in [6.07, 6.45) is 0. The second kappa shape index (κ2) is 13.3. The Balaban J connectivity index is 1.13. The molecule has 2 heterocycles. The van der Waals surface area contributed by atoms with Gasteiger partial charge in [-0.05, 0) is 137 Å². The van der Waals surface area contributed by atoms with Crippen LogP contribution in [0.4, 0.5) is 0 Å². The number of aromatic nitrogens is 2. The second-order valence-corrected chi connectivity index (χ2v) is 17.6. The van der Waals surface area contributed by atoms with E-state index in [0.29, 0.717) is 0 Å². The molecule has 64 heavy (non-hydrogen) atoms. The Morgan fingerprint density at radius 3 is 1.00 bits per heavy atom. The van der Waals surface area contributed by atoms with Crippen LogP contribution in [0.1, 0.15) is 13.8 Å². The first-order valence-corrected chi connectivity index (χ1v) is 22.8. The molecule has 0 fully saturated rings. The first kappa shape index (κ1) is 35.6. The molecule has 0 radical (unpaired) electrons. The molecule has 0 amide bonds. The third-order valence-electron chi connectivity index (χ3n) is 14.6. The molecule has 14 rings (SSSR count). The van der Waals surface area contributed by atoms with Crippen molar-refractivity contribution in [2.24, 2.45) is 0 Å². The monoisotopic (exact) mass is 814 g/mol. The van der Waals surface area contributed by atoms with Crippen LogP contribution in [0.5, 0.6) is 0 Å². The fourth-order valence-corrected chi connectivity index (χ4v) is 12.0. The summed E-state index contributed by atoms with van der Waals surface area (Å²) in [5.41, 5.74) is 10.2. The maximum Gasteiger partial charge on any atom is 0.0584 e. The summed E-state index contributed by atoms with van der Waals surface area (Å²) < 4.78 is 5.20. The van der Waals surface area contributed by atoms with Crippen molar-refractivity contribution in [3.05, 3.63) is 194 Å². The van der Waals surface area contributed by atoms with Crippen LogP contribution in [0.3, 0.4) is 0 Å². The third kappa shape index (κ3) is 4.69. The highest BCUT2D eigenvalue weighted by Crippen LogP contribution is 2.50. The highest BCUT2D eigenvalue weighted by atomic mass is 15.0. The molecule has 0 spiro atoms. The van der Waals surface area contributed by atoms with Crippen molar-refractivity contribution >= 4 is 119 Å². The Bertz CT molecular complexity index is 4050. The SMILES string of the molecule is CCn1c2ccc(-c3cc4ccccc4c4ccccc34)cc2c2c3ccccc3c3c(c4ccccc4c4c5cc(-c6cc7ccccc7c7ccccc67)ccc5n(CC)c43)c21. The highest BCUT2D eigenvalue weighted by Gasteiger charge is 2.25. The molecule has 300 valence electrons. The van der Waals surface area contributed by atoms with Gasteiger partial charge >= 0.3 is 0 Å². The van der Waals surface area contributed by atoms with Gasteiger partial charge in [-0.25, -0.2) is 0 Å². The van der Waals surface area contributed by atoms with Crippen LogP contribution >= 0.6 is 0 Å². The van der Waals surface area contributed by atoms with Gasteiger partial charge in [-0.15, -0.1) is 0 Å². The van der Waals surface area contributed by atoms with E-state index in [1.807, 2.05) is 0 Å². The van der Waals surface area contributed by atoms with E-state index in [0.717, 1.165) is 13.1 Å². The van der Waals surface area contributed by atoms with Gasteiger partial charge in [-0.1, -0.05) is 158 Å². The number of nitrogens with zero attached hydrogens (tertiary/aromatic N) is 2. The quantitative estimate of drug-likeness (QED) is 0.157. The van der Waals surface area contributed by atoms with Gasteiger partial charge in [-0.3, -0.25) is 0 Å². The van der Waals surface area contributed by atoms with Crippen LogP contribution < -0.4 is 0 Å². The van der Waals surface area contributed by atoms with Crippen molar-refractivity contribution in [1.82, 2.24) is 9.13 Å². The van der Waals surface area contributed by atoms with E-state index >= 15 is 0 Å². The largest absolute Gasteiger partial charge is 0.340 e. The van der Waals surface area contributed by atoms with Crippen LogP contribution in [-0.4, -0.2) is 9.13 Å². The van der Waals surface area contributed by atoms with Gasteiger partial charge in [0, 0.05) is 56.4 Å². The Kier molecular flexibility index (Phi) is 7.40. The summed E-state index contributed by atoms with van der Waals surface area (Å²) in [7, 11) is 0. The Morgan fingerprint density at radius 2 is 0.609 bits per heavy atom. The molecule has 0 atom stereocenters. The molecular formula is C62H42N2. The summed E-state index contributed by atoms with van der Waals surface area (Å²) in [5, 5.41) is 23.4. The third-order valence-corrected chi connectivity index (χ3v) is 14.6. The Hall–Kier alpha value is -7.94. The lowest BCUT2D eigenvalue weighted by molar-refractivity contribution is 0.828. The minimum absolute atomic E-state index is 0.859. The van der Waals surface area contributed by atoms with Crippen LogP contribution in [0, 0.1) is 0 Å². The average Bonchev–Trinajstić information content (AvgIpc) is 3.88. The second-order valence-electron chi connectivity index (χ2n) is 17.6. The van der Waals surface area contributed by atoms with Crippen molar-refractivity contribution in [2.45, 2.75) is 26.9 Å². The molecule has 0 unspecified atom stereocenters. The molecular weight excluding hydrogens is 773 g/mol. The first-order chi connectivity index (χ1) is 31.7. The fourth-order valence-electron chi connectivity index (χ4n) is 12.0. The van der Waals surface area contributed by atoms with Crippen molar-refractivity contribution in [3.63, 3.8) is 0 Å². The average molecular weight is 815 g/mol. The van der Waals surface area contributed by atoms with E-state index in [-0.39, 0.29) is 0 Å². The van der Waals surface area contributed by atoms with E-state index in [4.69, 9.17) is 0 Å². The standard InChI is InChI=1S/C62H42N2/c1-3-63-55-31-29-39(51-33-37-17-5-7-19-41(37)43-21-9-11-23-45(43)51)35-53(55)57-47-25-13-16-28-50(47)60-59(61(57)63)49-27-15-14-26-48(49)58-54-36-40(30-32-56(54)64(4-2)62(58)60)52-34-38-18-6-8-20-42(38)44-22-10-12-24-46(44)52/h5-36H,3-4H2,1-2H3. The van der Waals surface area contributed by atoms with E-state index in [9.17, 15) is 0 Å². The number of aryl methyl sites for hydroxylation is 2. The lowest BCUT2D eigenvalue weighted by Crippen LogP contribution is -1.98. The van der Waals surface area contributed by atoms with Gasteiger partial charge < -0.3 is 9.13 Å². The molecule has 0 aliphatic heterocycles. The van der Waals surface area contributed by atoms with Gasteiger partial charge in [0.2, 0.25) is 0 Å². The minimum Gasteiger partial charge on any atom is -0.340 e. The van der Waals surface area contributed by atoms with Gasteiger partial charge in [0.25, 0.3) is 0 Å². The smallest absolute Gasteiger partial charge is 0.0584 e. The highest BCUT2D eigenvalue weighted by molar-refractivity contribution is 6.44. The summed E-state index contributed by atoms with van der Waals surface area (Å²) in [6.45, 7) is 6.34. The number of hydrogen-bond acceptors (Lipinski definition) is 0. The zero-order valence-corrected chi connectivity index (χ0v) is 35.8. The van der Waals surface area contributed by atoms with Crippen LogP contribution in [0.2, 0.25) is 0 Å². The molecule has 0 aliphatic rings. The van der Waals surface area contributed by atoms with Crippen molar-refractivity contribution < 1.29 is 0 Å². The summed E-state index contributed by atoms with van der Waals surface area (Å²) in [5.74, 6) is 0. The van der Waals surface area contributed by atoms with E-state index in [1.54, 1.807) is 0 Å². The van der Waals surface area contributed by atoms with Crippen LogP contribution in [-0.2, 0) is 13.1 Å². The number of benzene rings is 12. The molecule has 2 nitrogen and oxygen atoms in total. The van der Waals surface area contributed by atoms with Gasteiger partial charge in [-0.2, -0.15) is 0 Å². The first-order valence-electron chi connectivity index (χ1n) is 22.8. The molecule has 0 saturated carbocycles. The minimum atomic E-state index is 0.859. The van der Waals surface area contributed by atoms with Crippen molar-refractivity contribution in [2.75, 3.05) is 0 Å². The molecule has 0 saturated heterocycles. The van der Waals surface area contributed by atoms with Gasteiger partial charge in [0.05, 0.1) is 11.0 Å². The Morgan fingerprint density at radius 1 is 0.281 bits per heavy atom. The summed E-state index contributed by atoms with van der Waals surface area (Å²) >= 11 is 0. The molecule has 0 aliphatic carbocycles. The van der Waals surface area contributed by atoms with Gasteiger partial charge in [0.1, 0.15) is 0 Å². The van der Waals surface area contributed by atoms with E-state index < -0.39 is 0 Å². The van der Waals surface area contributed by atoms with E-state index in [2.05, 4.69) is 217 Å². The molecule has 14 aromatic rings. The number of rotatable bonds is 4. The zero-order valence-electron chi connectivity index (χ0n) is 35.8. The number of fused-ring (bicyclic) bond motifs is 21. The van der Waals surface area contributed by atoms with Crippen molar-refractivity contribution in [3.8, 4) is 22.3 Å². The molecule has 0 bridgehead atoms. The summed E-state index contributed by atoms with van der Waals surface area (Å²) in [4.78, 5) is 0. The fraction of sp³-hybridized carbons (Fsp3) is 0.0645. The maximum absolute atomic E-state index is 2.60. The van der Waals surface area contributed by atoms with Crippen LogP contribution in [0.15, 0.2) is 194 Å². The lowest BCUT2D eigenvalue weighted by Gasteiger charge is -2.16. The predicted molar refractivity (Wildman–Crippen MR) is 277 cm³/mol. The molecule has 2 heteroatoms. The maximum atomic E-state index is 2.60. The van der Waals surface area contributed by atoms with Crippen molar-refractivity contribution in [1.29, 1.82) is 0 Å². The normalized spacial score (nSPS) is 12.3. The molecule has 2 aromatic heterocycles.